The summed E-state index contributed by atoms with van der Waals surface area (Å²) in [4.78, 5) is 11.5. The van der Waals surface area contributed by atoms with E-state index in [1.54, 1.807) is 0 Å². The van der Waals surface area contributed by atoms with Crippen molar-refractivity contribution in [1.82, 2.24) is 0 Å². The van der Waals surface area contributed by atoms with E-state index in [1.165, 1.54) is 5.56 Å². The summed E-state index contributed by atoms with van der Waals surface area (Å²) in [5.74, 6) is 0.950. The van der Waals surface area contributed by atoms with Crippen molar-refractivity contribution >= 4 is 5.97 Å². The summed E-state index contributed by atoms with van der Waals surface area (Å²) in [6, 6.07) is 7.36. The first-order chi connectivity index (χ1) is 9.41. The van der Waals surface area contributed by atoms with Crippen LogP contribution in [0.1, 0.15) is 39.2 Å². The summed E-state index contributed by atoms with van der Waals surface area (Å²) in [6.45, 7) is 8.59. The van der Waals surface area contributed by atoms with Crippen LogP contribution in [0.3, 0.4) is 0 Å². The molecule has 112 valence electrons. The van der Waals surface area contributed by atoms with Gasteiger partial charge >= 0.3 is 5.97 Å². The molecular weight excluding hydrogens is 254 g/mol. The van der Waals surface area contributed by atoms with Crippen LogP contribution in [0, 0.1) is 5.92 Å². The third-order valence-corrected chi connectivity index (χ3v) is 3.11. The van der Waals surface area contributed by atoms with Crippen molar-refractivity contribution in [2.45, 2.75) is 39.7 Å². The average molecular weight is 279 g/mol. The predicted octanol–water partition coefficient (Wildman–Crippen LogP) is 2.72. The van der Waals surface area contributed by atoms with Gasteiger partial charge in [-0.25, -0.2) is 0 Å². The van der Waals surface area contributed by atoms with Crippen LogP contribution in [0.4, 0.5) is 0 Å². The van der Waals surface area contributed by atoms with Crippen molar-refractivity contribution in [3.63, 3.8) is 0 Å². The Kier molecular flexibility index (Phi) is 6.52. The molecule has 0 heterocycles. The van der Waals surface area contributed by atoms with Crippen LogP contribution in [0.15, 0.2) is 24.3 Å². The lowest BCUT2D eigenvalue weighted by molar-refractivity contribution is -0.147. The minimum atomic E-state index is -0.570. The van der Waals surface area contributed by atoms with Crippen molar-refractivity contribution in [3.05, 3.63) is 29.8 Å². The highest BCUT2D eigenvalue weighted by Crippen LogP contribution is 2.19. The normalized spacial score (nSPS) is 12.6. The Hall–Kier alpha value is -1.55. The Balaban J connectivity index is 2.34. The summed E-state index contributed by atoms with van der Waals surface area (Å²) < 4.78 is 10.6. The molecule has 0 aromatic heterocycles. The monoisotopic (exact) mass is 279 g/mol. The van der Waals surface area contributed by atoms with E-state index in [1.807, 2.05) is 32.0 Å². The van der Waals surface area contributed by atoms with Gasteiger partial charge in [-0.3, -0.25) is 4.79 Å². The molecule has 20 heavy (non-hydrogen) atoms. The summed E-state index contributed by atoms with van der Waals surface area (Å²) in [5.41, 5.74) is 6.91. The van der Waals surface area contributed by atoms with Crippen LogP contribution in [-0.4, -0.2) is 25.2 Å². The molecule has 1 rings (SSSR count). The van der Waals surface area contributed by atoms with Crippen molar-refractivity contribution in [3.8, 4) is 5.75 Å². The maximum atomic E-state index is 11.5. The van der Waals surface area contributed by atoms with Crippen LogP contribution in [-0.2, 0) is 9.53 Å². The lowest BCUT2D eigenvalue weighted by Gasteiger charge is -2.15. The van der Waals surface area contributed by atoms with Gasteiger partial charge in [0.25, 0.3) is 0 Å². The number of carbonyl (C=O) groups excluding carboxylic acids is 1. The molecule has 1 atom stereocenters. The van der Waals surface area contributed by atoms with Crippen LogP contribution in [0.2, 0.25) is 0 Å². The first-order valence-corrected chi connectivity index (χ1v) is 7.06. The molecule has 1 unspecified atom stereocenters. The van der Waals surface area contributed by atoms with Gasteiger partial charge in [-0.1, -0.05) is 39.8 Å². The molecule has 4 nitrogen and oxygen atoms in total. The average Bonchev–Trinajstić information content (AvgIpc) is 2.42. The largest absolute Gasteiger partial charge is 0.490 e. The van der Waals surface area contributed by atoms with Gasteiger partial charge in [0.15, 0.2) is 0 Å². The van der Waals surface area contributed by atoms with Crippen molar-refractivity contribution in [2.75, 3.05) is 13.2 Å². The smallest absolute Gasteiger partial charge is 0.323 e. The molecule has 0 saturated heterocycles. The number of ether oxygens (including phenoxy) is 2. The summed E-state index contributed by atoms with van der Waals surface area (Å²) in [6.07, 6.45) is 0. The maximum Gasteiger partial charge on any atom is 0.323 e. The van der Waals surface area contributed by atoms with Gasteiger partial charge in [-0.15, -0.1) is 0 Å². The second-order valence-corrected chi connectivity index (χ2v) is 5.51. The summed E-state index contributed by atoms with van der Waals surface area (Å²) in [5, 5.41) is 0. The molecular formula is C16H25NO3. The van der Waals surface area contributed by atoms with E-state index < -0.39 is 6.04 Å². The predicted molar refractivity (Wildman–Crippen MR) is 79.8 cm³/mol. The highest BCUT2D eigenvalue weighted by Gasteiger charge is 2.18. The molecule has 1 aromatic rings. The SMILES string of the molecule is CC(C)c1cccc(OCCOC(=O)C(N)C(C)C)c1. The zero-order valence-electron chi connectivity index (χ0n) is 12.8. The topological polar surface area (TPSA) is 61.5 Å². The van der Waals surface area contributed by atoms with Crippen LogP contribution < -0.4 is 10.5 Å². The molecule has 0 spiro atoms. The van der Waals surface area contributed by atoms with Gasteiger partial charge in [0.1, 0.15) is 25.0 Å². The Bertz CT molecular complexity index is 429. The number of nitrogens with two attached hydrogens (primary N) is 1. The van der Waals surface area contributed by atoms with Crippen molar-refractivity contribution in [1.29, 1.82) is 0 Å². The highest BCUT2D eigenvalue weighted by molar-refractivity contribution is 5.75. The Labute approximate surface area is 121 Å². The van der Waals surface area contributed by atoms with E-state index in [4.69, 9.17) is 15.2 Å². The number of benzene rings is 1. The lowest BCUT2D eigenvalue weighted by Crippen LogP contribution is -2.37. The van der Waals surface area contributed by atoms with Gasteiger partial charge in [0.2, 0.25) is 0 Å². The number of rotatable bonds is 7. The molecule has 0 aliphatic carbocycles. The van der Waals surface area contributed by atoms with E-state index in [-0.39, 0.29) is 18.5 Å². The standard InChI is InChI=1S/C16H25NO3/c1-11(2)13-6-5-7-14(10-13)19-8-9-20-16(18)15(17)12(3)4/h5-7,10-12,15H,8-9,17H2,1-4H3. The minimum Gasteiger partial charge on any atom is -0.490 e. The molecule has 0 amide bonds. The zero-order chi connectivity index (χ0) is 15.1. The van der Waals surface area contributed by atoms with E-state index in [0.717, 1.165) is 5.75 Å². The molecule has 0 fully saturated rings. The molecule has 4 heteroatoms. The Morgan fingerprint density at radius 1 is 1.20 bits per heavy atom. The van der Waals surface area contributed by atoms with Gasteiger partial charge in [0.05, 0.1) is 0 Å². The second-order valence-electron chi connectivity index (χ2n) is 5.51. The van der Waals surface area contributed by atoms with Gasteiger partial charge < -0.3 is 15.2 Å². The van der Waals surface area contributed by atoms with E-state index in [2.05, 4.69) is 19.9 Å². The lowest BCUT2D eigenvalue weighted by atomic mass is 10.0. The highest BCUT2D eigenvalue weighted by atomic mass is 16.6. The van der Waals surface area contributed by atoms with E-state index in [0.29, 0.717) is 12.5 Å². The molecule has 1 aromatic carbocycles. The molecule has 0 saturated carbocycles. The van der Waals surface area contributed by atoms with Crippen molar-refractivity contribution < 1.29 is 14.3 Å². The third-order valence-electron chi connectivity index (χ3n) is 3.11. The first-order valence-electron chi connectivity index (χ1n) is 7.06. The fraction of sp³-hybridized carbons (Fsp3) is 0.562. The number of hydrogen-bond acceptors (Lipinski definition) is 4. The van der Waals surface area contributed by atoms with Crippen molar-refractivity contribution in [2.24, 2.45) is 11.7 Å². The van der Waals surface area contributed by atoms with E-state index in [9.17, 15) is 4.79 Å². The third kappa shape index (κ3) is 5.21. The fourth-order valence-electron chi connectivity index (χ4n) is 1.63. The Morgan fingerprint density at radius 2 is 1.90 bits per heavy atom. The maximum absolute atomic E-state index is 11.5. The van der Waals surface area contributed by atoms with Crippen LogP contribution in [0.5, 0.6) is 5.75 Å². The molecule has 0 aliphatic heterocycles. The quantitative estimate of drug-likeness (QED) is 0.616. The number of esters is 1. The number of hydrogen-bond donors (Lipinski definition) is 1. The van der Waals surface area contributed by atoms with Gasteiger partial charge in [-0.05, 0) is 29.5 Å². The van der Waals surface area contributed by atoms with Gasteiger partial charge in [0, 0.05) is 0 Å². The first kappa shape index (κ1) is 16.5. The van der Waals surface area contributed by atoms with Crippen LogP contribution >= 0.6 is 0 Å². The van der Waals surface area contributed by atoms with Crippen LogP contribution in [0.25, 0.3) is 0 Å². The molecule has 0 bridgehead atoms. The second kappa shape index (κ2) is 7.90. The molecule has 0 radical (unpaired) electrons. The fourth-order valence-corrected chi connectivity index (χ4v) is 1.63. The summed E-state index contributed by atoms with van der Waals surface area (Å²) >= 11 is 0. The molecule has 2 N–H and O–H groups in total. The Morgan fingerprint density at radius 3 is 2.50 bits per heavy atom. The van der Waals surface area contributed by atoms with E-state index >= 15 is 0 Å². The summed E-state index contributed by atoms with van der Waals surface area (Å²) in [7, 11) is 0. The minimum absolute atomic E-state index is 0.0751. The molecule has 0 aliphatic rings. The number of carbonyl (C=O) groups is 1. The zero-order valence-corrected chi connectivity index (χ0v) is 12.8. The van der Waals surface area contributed by atoms with Gasteiger partial charge in [-0.2, -0.15) is 0 Å².